The molecule has 0 amide bonds. The van der Waals surface area contributed by atoms with Crippen LogP contribution in [0.25, 0.3) is 0 Å². The summed E-state index contributed by atoms with van der Waals surface area (Å²) < 4.78 is 223. The van der Waals surface area contributed by atoms with Crippen molar-refractivity contribution in [2.75, 3.05) is 0 Å². The molecule has 0 spiro atoms. The fraction of sp³-hybridized carbons (Fsp3) is 0.812. The number of allylic oxidation sites excluding steroid dienone is 1. The van der Waals surface area contributed by atoms with E-state index >= 15 is 0 Å². The quantitative estimate of drug-likeness (QED) is 0.233. The molecule has 17 heteroatoms. The van der Waals surface area contributed by atoms with E-state index in [0.29, 0.717) is 19.3 Å². The summed E-state index contributed by atoms with van der Waals surface area (Å²) in [7, 11) is 0. The maximum Gasteiger partial charge on any atom is 0.460 e. The SMILES string of the molecule is FC(F)(F)C(F)(F)C(F)(F)C(F)(F)C(F)(F)C(F)(F)C(F)(F)C(F)(F)C=C=C1CCCCC1. The lowest BCUT2D eigenvalue weighted by Gasteiger charge is -2.42. The van der Waals surface area contributed by atoms with Gasteiger partial charge >= 0.3 is 47.6 Å². The Morgan fingerprint density at radius 3 is 1.15 bits per heavy atom. The van der Waals surface area contributed by atoms with Crippen molar-refractivity contribution in [2.24, 2.45) is 0 Å². The highest BCUT2D eigenvalue weighted by Gasteiger charge is 2.95. The molecular weight excluding hydrogens is 515 g/mol. The highest BCUT2D eigenvalue weighted by atomic mass is 19.4. The van der Waals surface area contributed by atoms with Gasteiger partial charge in [-0.15, -0.1) is 5.73 Å². The van der Waals surface area contributed by atoms with Crippen molar-refractivity contribution in [3.63, 3.8) is 0 Å². The number of hydrogen-bond acceptors (Lipinski definition) is 0. The molecule has 0 aromatic carbocycles. The summed E-state index contributed by atoms with van der Waals surface area (Å²) >= 11 is 0. The minimum atomic E-state index is -8.60. The third kappa shape index (κ3) is 4.29. The summed E-state index contributed by atoms with van der Waals surface area (Å²) in [4.78, 5) is 0. The van der Waals surface area contributed by atoms with Crippen LogP contribution in [0, 0.1) is 0 Å². The van der Waals surface area contributed by atoms with Gasteiger partial charge in [0.2, 0.25) is 0 Å². The van der Waals surface area contributed by atoms with E-state index in [4.69, 9.17) is 0 Å². The van der Waals surface area contributed by atoms with Gasteiger partial charge in [-0.1, -0.05) is 6.42 Å². The van der Waals surface area contributed by atoms with Gasteiger partial charge in [-0.2, -0.15) is 74.6 Å². The maximum absolute atomic E-state index is 13.6. The van der Waals surface area contributed by atoms with Gasteiger partial charge in [0.15, 0.2) is 0 Å². The van der Waals surface area contributed by atoms with E-state index in [1.165, 1.54) is 5.73 Å². The smallest absolute Gasteiger partial charge is 0.194 e. The van der Waals surface area contributed by atoms with E-state index in [1.807, 2.05) is 0 Å². The third-order valence-electron chi connectivity index (χ3n) is 4.66. The summed E-state index contributed by atoms with van der Waals surface area (Å²) in [5.41, 5.74) is 1.18. The van der Waals surface area contributed by atoms with Gasteiger partial charge in [-0.3, -0.25) is 0 Å². The summed E-state index contributed by atoms with van der Waals surface area (Å²) in [6, 6.07) is 0. The Morgan fingerprint density at radius 2 is 0.788 bits per heavy atom. The Hall–Kier alpha value is -1.67. The predicted molar refractivity (Wildman–Crippen MR) is 75.4 cm³/mol. The molecule has 194 valence electrons. The van der Waals surface area contributed by atoms with Crippen LogP contribution in [0.1, 0.15) is 32.1 Å². The fourth-order valence-electron chi connectivity index (χ4n) is 2.58. The van der Waals surface area contributed by atoms with Crippen molar-refractivity contribution in [3.8, 4) is 0 Å². The zero-order valence-corrected chi connectivity index (χ0v) is 15.5. The van der Waals surface area contributed by atoms with Gasteiger partial charge in [-0.25, -0.2) is 0 Å². The zero-order chi connectivity index (χ0) is 26.5. The predicted octanol–water partition coefficient (Wildman–Crippen LogP) is 8.04. The van der Waals surface area contributed by atoms with Gasteiger partial charge in [0.25, 0.3) is 0 Å². The number of rotatable bonds is 7. The number of hydrogen-bond donors (Lipinski definition) is 0. The molecule has 0 atom stereocenters. The molecule has 0 unspecified atom stereocenters. The molecule has 1 aliphatic rings. The number of alkyl halides is 17. The second-order valence-corrected chi connectivity index (χ2v) is 7.02. The average molecular weight is 526 g/mol. The van der Waals surface area contributed by atoms with Crippen molar-refractivity contribution in [1.82, 2.24) is 0 Å². The monoisotopic (exact) mass is 526 g/mol. The minimum Gasteiger partial charge on any atom is -0.194 e. The molecule has 0 N–H and O–H groups in total. The largest absolute Gasteiger partial charge is 0.460 e. The standard InChI is InChI=1S/C16H11F17/c17-9(18,7-6-8-4-2-1-3-5-8)10(19,20)11(21,22)12(23,24)13(25,26)14(27,28)15(29,30)16(31,32)33/h7H,1-5H2. The van der Waals surface area contributed by atoms with Crippen molar-refractivity contribution in [2.45, 2.75) is 79.7 Å². The molecule has 1 saturated carbocycles. The van der Waals surface area contributed by atoms with Crippen LogP contribution in [0.4, 0.5) is 74.6 Å². The van der Waals surface area contributed by atoms with E-state index in [2.05, 4.69) is 0 Å². The van der Waals surface area contributed by atoms with Crippen molar-refractivity contribution in [1.29, 1.82) is 0 Å². The molecule has 0 aromatic rings. The van der Waals surface area contributed by atoms with E-state index in [-0.39, 0.29) is 18.4 Å². The van der Waals surface area contributed by atoms with Gasteiger partial charge in [-0.05, 0) is 31.3 Å². The Kier molecular flexibility index (Phi) is 7.32. The second kappa shape index (κ2) is 8.22. The first-order valence-corrected chi connectivity index (χ1v) is 8.50. The molecule has 0 nitrogen and oxygen atoms in total. The lowest BCUT2D eigenvalue weighted by molar-refractivity contribution is -0.459. The van der Waals surface area contributed by atoms with Crippen LogP contribution in [-0.2, 0) is 0 Å². The van der Waals surface area contributed by atoms with Gasteiger partial charge in [0.05, 0.1) is 0 Å². The normalized spacial score (nSPS) is 18.3. The molecular formula is C16H11F17. The zero-order valence-electron chi connectivity index (χ0n) is 15.5. The van der Waals surface area contributed by atoms with Crippen LogP contribution in [0.3, 0.4) is 0 Å². The molecule has 0 aliphatic heterocycles. The van der Waals surface area contributed by atoms with Gasteiger partial charge < -0.3 is 0 Å². The highest BCUT2D eigenvalue weighted by molar-refractivity contribution is 5.19. The van der Waals surface area contributed by atoms with Crippen molar-refractivity contribution < 1.29 is 74.6 Å². The van der Waals surface area contributed by atoms with E-state index in [9.17, 15) is 74.6 Å². The first-order valence-electron chi connectivity index (χ1n) is 8.50. The lowest BCUT2D eigenvalue weighted by Crippen LogP contribution is -2.74. The van der Waals surface area contributed by atoms with Crippen LogP contribution in [0.15, 0.2) is 17.4 Å². The molecule has 1 rings (SSSR count). The van der Waals surface area contributed by atoms with Crippen LogP contribution >= 0.6 is 0 Å². The summed E-state index contributed by atoms with van der Waals surface area (Å²) in [6.07, 6.45) is -8.02. The molecule has 0 heterocycles. The fourth-order valence-corrected chi connectivity index (χ4v) is 2.58. The van der Waals surface area contributed by atoms with E-state index < -0.39 is 53.7 Å². The summed E-state index contributed by atoms with van der Waals surface area (Å²) in [5.74, 6) is -56.2. The Morgan fingerprint density at radius 1 is 0.455 bits per heavy atom. The Labute approximate surface area is 173 Å². The lowest BCUT2D eigenvalue weighted by atomic mass is 9.88. The van der Waals surface area contributed by atoms with Gasteiger partial charge in [0.1, 0.15) is 0 Å². The summed E-state index contributed by atoms with van der Waals surface area (Å²) in [5, 5.41) is 0. The third-order valence-corrected chi connectivity index (χ3v) is 4.66. The van der Waals surface area contributed by atoms with Crippen molar-refractivity contribution in [3.05, 3.63) is 17.4 Å². The molecule has 33 heavy (non-hydrogen) atoms. The second-order valence-electron chi connectivity index (χ2n) is 7.02. The molecule has 0 saturated heterocycles. The molecule has 0 bridgehead atoms. The van der Waals surface area contributed by atoms with Crippen LogP contribution < -0.4 is 0 Å². The Bertz CT molecular complexity index is 771. The highest BCUT2D eigenvalue weighted by Crippen LogP contribution is 2.64. The number of halogens is 17. The molecule has 0 aromatic heterocycles. The Balaban J connectivity index is 3.58. The molecule has 1 aliphatic carbocycles. The molecule has 1 fully saturated rings. The first kappa shape index (κ1) is 29.4. The average Bonchev–Trinajstić information content (AvgIpc) is 2.65. The van der Waals surface area contributed by atoms with Crippen molar-refractivity contribution >= 4 is 0 Å². The first-order chi connectivity index (χ1) is 14.3. The molecule has 0 radical (unpaired) electrons. The summed E-state index contributed by atoms with van der Waals surface area (Å²) in [6.45, 7) is 0. The van der Waals surface area contributed by atoms with Gasteiger partial charge in [0, 0.05) is 6.08 Å². The van der Waals surface area contributed by atoms with E-state index in [0.717, 1.165) is 0 Å². The maximum atomic E-state index is 13.6. The van der Waals surface area contributed by atoms with E-state index in [1.54, 1.807) is 0 Å². The minimum absolute atomic E-state index is 0.0818. The topological polar surface area (TPSA) is 0 Å². The van der Waals surface area contributed by atoms with Crippen LogP contribution in [0.5, 0.6) is 0 Å². The van der Waals surface area contributed by atoms with Crippen LogP contribution in [0.2, 0.25) is 0 Å². The van der Waals surface area contributed by atoms with Crippen LogP contribution in [-0.4, -0.2) is 47.6 Å².